The van der Waals surface area contributed by atoms with Gasteiger partial charge in [0.15, 0.2) is 0 Å². The second kappa shape index (κ2) is 2.14. The van der Waals surface area contributed by atoms with Crippen molar-refractivity contribution in [1.29, 1.82) is 0 Å². The molecule has 1 aliphatic rings. The fourth-order valence-corrected chi connectivity index (χ4v) is 2.92. The summed E-state index contributed by atoms with van der Waals surface area (Å²) in [6.07, 6.45) is 1.68. The minimum Gasteiger partial charge on any atom is -0.520 e. The van der Waals surface area contributed by atoms with Crippen LogP contribution >= 0.6 is 0 Å². The third-order valence-corrected chi connectivity index (χ3v) is 3.89. The average Bonchev–Trinajstić information content (AvgIpc) is 1.60. The van der Waals surface area contributed by atoms with Gasteiger partial charge >= 0.3 is 0 Å². The molecule has 1 heterocycles. The Bertz CT molecular complexity index is 131. The van der Waals surface area contributed by atoms with Gasteiger partial charge in [0.1, 0.15) is 0 Å². The molecule has 1 saturated heterocycles. The predicted octanol–water partition coefficient (Wildman–Crippen LogP) is 1.53. The van der Waals surface area contributed by atoms with Gasteiger partial charge in [-0.05, 0) is 25.6 Å². The van der Waals surface area contributed by atoms with Crippen molar-refractivity contribution in [2.75, 3.05) is 0 Å². The Kier molecular flexibility index (Phi) is 1.61. The Morgan fingerprint density at radius 3 is 2.56 bits per heavy atom. The summed E-state index contributed by atoms with van der Waals surface area (Å²) in [5.41, 5.74) is 0. The van der Waals surface area contributed by atoms with E-state index in [2.05, 4.69) is 13.1 Å². The van der Waals surface area contributed by atoms with E-state index in [-0.39, 0.29) is 5.97 Å². The average molecular weight is 144 g/mol. The number of rotatable bonds is 0. The summed E-state index contributed by atoms with van der Waals surface area (Å²) < 4.78 is 5.17. The van der Waals surface area contributed by atoms with E-state index in [0.29, 0.717) is 6.42 Å². The Morgan fingerprint density at radius 1 is 1.56 bits per heavy atom. The zero-order valence-electron chi connectivity index (χ0n) is 5.94. The minimum atomic E-state index is -1.50. The normalized spacial score (nSPS) is 25.3. The first-order valence-electron chi connectivity index (χ1n) is 3.32. The maximum absolute atomic E-state index is 10.7. The first kappa shape index (κ1) is 6.80. The highest BCUT2D eigenvalue weighted by atomic mass is 28.4. The van der Waals surface area contributed by atoms with Crippen LogP contribution in [0.15, 0.2) is 0 Å². The highest BCUT2D eigenvalue weighted by Gasteiger charge is 2.30. The lowest BCUT2D eigenvalue weighted by molar-refractivity contribution is -0.136. The van der Waals surface area contributed by atoms with Crippen molar-refractivity contribution in [3.63, 3.8) is 0 Å². The predicted molar refractivity (Wildman–Crippen MR) is 37.6 cm³/mol. The summed E-state index contributed by atoms with van der Waals surface area (Å²) in [4.78, 5) is 10.7. The summed E-state index contributed by atoms with van der Waals surface area (Å²) in [5, 5.41) is 0. The second-order valence-electron chi connectivity index (χ2n) is 3.09. The molecule has 0 amide bonds. The summed E-state index contributed by atoms with van der Waals surface area (Å²) >= 11 is 0. The largest absolute Gasteiger partial charge is 0.520 e. The van der Waals surface area contributed by atoms with E-state index >= 15 is 0 Å². The van der Waals surface area contributed by atoms with Crippen LogP contribution in [-0.2, 0) is 9.22 Å². The molecular weight excluding hydrogens is 132 g/mol. The third kappa shape index (κ3) is 1.82. The quantitative estimate of drug-likeness (QED) is 0.482. The van der Waals surface area contributed by atoms with Crippen molar-refractivity contribution in [3.05, 3.63) is 0 Å². The maximum atomic E-state index is 10.7. The molecule has 0 unspecified atom stereocenters. The second-order valence-corrected chi connectivity index (χ2v) is 7.31. The molecule has 0 aliphatic carbocycles. The Balaban J connectivity index is 2.51. The molecule has 0 atom stereocenters. The summed E-state index contributed by atoms with van der Waals surface area (Å²) in [7, 11) is -1.50. The molecule has 1 rings (SSSR count). The van der Waals surface area contributed by atoms with Crippen molar-refractivity contribution < 1.29 is 9.22 Å². The van der Waals surface area contributed by atoms with Gasteiger partial charge < -0.3 is 4.43 Å². The van der Waals surface area contributed by atoms with Gasteiger partial charge in [0, 0.05) is 6.42 Å². The molecule has 9 heavy (non-hydrogen) atoms. The van der Waals surface area contributed by atoms with Crippen LogP contribution in [0.5, 0.6) is 0 Å². The van der Waals surface area contributed by atoms with E-state index in [9.17, 15) is 4.79 Å². The molecule has 3 heteroatoms. The van der Waals surface area contributed by atoms with Crippen LogP contribution in [0.4, 0.5) is 0 Å². The molecule has 52 valence electrons. The van der Waals surface area contributed by atoms with E-state index in [1.807, 2.05) is 0 Å². The first-order chi connectivity index (χ1) is 4.10. The Morgan fingerprint density at radius 2 is 2.22 bits per heavy atom. The lowest BCUT2D eigenvalue weighted by Crippen LogP contribution is -2.36. The lowest BCUT2D eigenvalue weighted by atomic mass is 10.3. The van der Waals surface area contributed by atoms with Gasteiger partial charge in [-0.1, -0.05) is 0 Å². The number of carbonyl (C=O) groups is 1. The highest BCUT2D eigenvalue weighted by Crippen LogP contribution is 2.21. The molecule has 0 aromatic rings. The van der Waals surface area contributed by atoms with E-state index in [0.717, 1.165) is 12.5 Å². The molecule has 0 spiro atoms. The first-order valence-corrected chi connectivity index (χ1v) is 6.43. The van der Waals surface area contributed by atoms with Crippen LogP contribution in [0.3, 0.4) is 0 Å². The summed E-state index contributed by atoms with van der Waals surface area (Å²) in [5.74, 6) is 0.0120. The molecule has 0 saturated carbocycles. The minimum absolute atomic E-state index is 0.0120. The van der Waals surface area contributed by atoms with Gasteiger partial charge in [-0.3, -0.25) is 4.79 Å². The van der Waals surface area contributed by atoms with Gasteiger partial charge in [0.05, 0.1) is 0 Å². The van der Waals surface area contributed by atoms with Crippen LogP contribution < -0.4 is 0 Å². The number of carbonyl (C=O) groups excluding carboxylic acids is 1. The molecule has 1 fully saturated rings. The van der Waals surface area contributed by atoms with Crippen molar-refractivity contribution in [3.8, 4) is 0 Å². The zero-order valence-corrected chi connectivity index (χ0v) is 6.94. The van der Waals surface area contributed by atoms with Crippen molar-refractivity contribution in [2.24, 2.45) is 0 Å². The number of hydrogen-bond donors (Lipinski definition) is 0. The van der Waals surface area contributed by atoms with Gasteiger partial charge in [-0.25, -0.2) is 0 Å². The molecule has 0 aromatic carbocycles. The van der Waals surface area contributed by atoms with E-state index in [1.54, 1.807) is 0 Å². The molecule has 0 N–H and O–H groups in total. The van der Waals surface area contributed by atoms with Crippen molar-refractivity contribution in [1.82, 2.24) is 0 Å². The van der Waals surface area contributed by atoms with Crippen LogP contribution in [0.1, 0.15) is 12.8 Å². The van der Waals surface area contributed by atoms with Crippen molar-refractivity contribution >= 4 is 14.3 Å². The van der Waals surface area contributed by atoms with Gasteiger partial charge in [-0.2, -0.15) is 0 Å². The smallest absolute Gasteiger partial charge is 0.292 e. The standard InChI is InChI=1S/C6H12O2Si/c1-9(2)5-3-4-6(7)8-9/h3-5H2,1-2H3. The zero-order chi connectivity index (χ0) is 6.91. The van der Waals surface area contributed by atoms with Crippen LogP contribution in [0.25, 0.3) is 0 Å². The lowest BCUT2D eigenvalue weighted by Gasteiger charge is -2.26. The molecule has 0 radical (unpaired) electrons. The Labute approximate surface area is 56.3 Å². The van der Waals surface area contributed by atoms with E-state index in [4.69, 9.17) is 4.43 Å². The number of hydrogen-bond acceptors (Lipinski definition) is 2. The van der Waals surface area contributed by atoms with Crippen LogP contribution in [-0.4, -0.2) is 14.3 Å². The highest BCUT2D eigenvalue weighted by molar-refractivity contribution is 6.72. The topological polar surface area (TPSA) is 26.3 Å². The van der Waals surface area contributed by atoms with Crippen LogP contribution in [0, 0.1) is 0 Å². The van der Waals surface area contributed by atoms with Gasteiger partial charge in [0.25, 0.3) is 5.97 Å². The Hall–Kier alpha value is -0.313. The van der Waals surface area contributed by atoms with E-state index < -0.39 is 8.32 Å². The van der Waals surface area contributed by atoms with E-state index in [1.165, 1.54) is 0 Å². The SMILES string of the molecule is C[Si]1(C)CCCC(=O)O1. The molecule has 2 nitrogen and oxygen atoms in total. The third-order valence-electron chi connectivity index (χ3n) is 1.55. The monoisotopic (exact) mass is 144 g/mol. The van der Waals surface area contributed by atoms with Crippen molar-refractivity contribution in [2.45, 2.75) is 32.0 Å². The summed E-state index contributed by atoms with van der Waals surface area (Å²) in [6.45, 7) is 4.17. The van der Waals surface area contributed by atoms with Gasteiger partial charge in [-0.15, -0.1) is 0 Å². The maximum Gasteiger partial charge on any atom is 0.292 e. The van der Waals surface area contributed by atoms with Crippen LogP contribution in [0.2, 0.25) is 19.1 Å². The van der Waals surface area contributed by atoms with Gasteiger partial charge in [0.2, 0.25) is 8.32 Å². The molecule has 0 aromatic heterocycles. The molecule has 1 aliphatic heterocycles. The molecular formula is C6H12O2Si. The molecule has 0 bridgehead atoms. The summed E-state index contributed by atoms with van der Waals surface area (Å²) in [6, 6.07) is 1.14. The fraction of sp³-hybridized carbons (Fsp3) is 0.833. The fourth-order valence-electron chi connectivity index (χ4n) is 1.07.